The first-order chi connectivity index (χ1) is 9.58. The van der Waals surface area contributed by atoms with Crippen molar-refractivity contribution in [2.45, 2.75) is 58.2 Å². The van der Waals surface area contributed by atoms with Crippen molar-refractivity contribution in [2.24, 2.45) is 5.92 Å². The van der Waals surface area contributed by atoms with Crippen LogP contribution in [0.3, 0.4) is 0 Å². The summed E-state index contributed by atoms with van der Waals surface area (Å²) in [7, 11) is 2.27. The average molecular weight is 274 g/mol. The zero-order valence-electron chi connectivity index (χ0n) is 13.5. The molecule has 2 heteroatoms. The molecule has 0 heterocycles. The molecule has 1 aromatic carbocycles. The van der Waals surface area contributed by atoms with Gasteiger partial charge in [-0.05, 0) is 44.7 Å². The van der Waals surface area contributed by atoms with Crippen LogP contribution in [0.4, 0.5) is 0 Å². The molecule has 0 spiro atoms. The lowest BCUT2D eigenvalue weighted by molar-refractivity contribution is 0.232. The van der Waals surface area contributed by atoms with Crippen LogP contribution in [0.5, 0.6) is 0 Å². The van der Waals surface area contributed by atoms with E-state index in [1.165, 1.54) is 24.8 Å². The van der Waals surface area contributed by atoms with Crippen LogP contribution in [0.1, 0.15) is 51.6 Å². The van der Waals surface area contributed by atoms with E-state index in [1.807, 2.05) is 0 Å². The Bertz CT molecular complexity index is 384. The van der Waals surface area contributed by atoms with Crippen LogP contribution >= 0.6 is 0 Å². The molecule has 0 radical (unpaired) electrons. The van der Waals surface area contributed by atoms with E-state index in [9.17, 15) is 0 Å². The first-order valence-electron chi connectivity index (χ1n) is 8.08. The van der Waals surface area contributed by atoms with Crippen LogP contribution in [-0.2, 0) is 0 Å². The van der Waals surface area contributed by atoms with Gasteiger partial charge in [-0.15, -0.1) is 0 Å². The minimum absolute atomic E-state index is 0.478. The van der Waals surface area contributed by atoms with Gasteiger partial charge in [0.2, 0.25) is 0 Å². The molecule has 2 unspecified atom stereocenters. The van der Waals surface area contributed by atoms with Gasteiger partial charge < -0.3 is 5.32 Å². The Balaban J connectivity index is 1.90. The monoisotopic (exact) mass is 274 g/mol. The predicted molar refractivity (Wildman–Crippen MR) is 86.9 cm³/mol. The third-order valence-corrected chi connectivity index (χ3v) is 4.39. The smallest absolute Gasteiger partial charge is 0.0323 e. The molecule has 0 aromatic heterocycles. The molecule has 0 bridgehead atoms. The van der Waals surface area contributed by atoms with Gasteiger partial charge in [0.1, 0.15) is 0 Å². The molecular formula is C18H30N2. The summed E-state index contributed by atoms with van der Waals surface area (Å²) >= 11 is 0. The van der Waals surface area contributed by atoms with Crippen LogP contribution in [-0.4, -0.2) is 30.6 Å². The Hall–Kier alpha value is -0.860. The van der Waals surface area contributed by atoms with E-state index in [4.69, 9.17) is 0 Å². The largest absolute Gasteiger partial charge is 0.308 e. The molecule has 1 aliphatic carbocycles. The SMILES string of the molecule is CC(C)CC(NCC(C)N(C)C1CC1)c1ccccc1. The Kier molecular flexibility index (Phi) is 5.62. The Labute approximate surface area is 124 Å². The standard InChI is InChI=1S/C18H30N2/c1-14(2)12-18(16-8-6-5-7-9-16)19-13-15(3)20(4)17-10-11-17/h5-9,14-15,17-19H,10-13H2,1-4H3. The van der Waals surface area contributed by atoms with Gasteiger partial charge in [-0.2, -0.15) is 0 Å². The lowest BCUT2D eigenvalue weighted by Gasteiger charge is -2.28. The maximum absolute atomic E-state index is 3.79. The second kappa shape index (κ2) is 7.24. The number of likely N-dealkylation sites (N-methyl/N-ethyl adjacent to an activating group) is 1. The minimum Gasteiger partial charge on any atom is -0.308 e. The van der Waals surface area contributed by atoms with Gasteiger partial charge in [-0.25, -0.2) is 0 Å². The lowest BCUT2D eigenvalue weighted by Crippen LogP contribution is -2.40. The quantitative estimate of drug-likeness (QED) is 0.774. The predicted octanol–water partition coefficient (Wildman–Crippen LogP) is 3.85. The number of benzene rings is 1. The van der Waals surface area contributed by atoms with E-state index in [-0.39, 0.29) is 0 Å². The van der Waals surface area contributed by atoms with Crippen molar-refractivity contribution in [2.75, 3.05) is 13.6 Å². The van der Waals surface area contributed by atoms with Crippen molar-refractivity contribution in [3.63, 3.8) is 0 Å². The van der Waals surface area contributed by atoms with E-state index in [2.05, 4.69) is 68.4 Å². The van der Waals surface area contributed by atoms with Crippen molar-refractivity contribution >= 4 is 0 Å². The minimum atomic E-state index is 0.478. The second-order valence-corrected chi connectivity index (χ2v) is 6.75. The van der Waals surface area contributed by atoms with E-state index in [0.717, 1.165) is 12.6 Å². The zero-order valence-corrected chi connectivity index (χ0v) is 13.5. The van der Waals surface area contributed by atoms with Crippen molar-refractivity contribution in [3.05, 3.63) is 35.9 Å². The number of hydrogen-bond acceptors (Lipinski definition) is 2. The molecule has 1 fully saturated rings. The molecular weight excluding hydrogens is 244 g/mol. The highest BCUT2D eigenvalue weighted by Crippen LogP contribution is 2.27. The first-order valence-corrected chi connectivity index (χ1v) is 8.08. The summed E-state index contributed by atoms with van der Waals surface area (Å²) < 4.78 is 0. The van der Waals surface area contributed by atoms with Gasteiger partial charge in [0.25, 0.3) is 0 Å². The Morgan fingerprint density at radius 3 is 2.35 bits per heavy atom. The number of nitrogens with one attached hydrogen (secondary N) is 1. The molecule has 2 atom stereocenters. The van der Waals surface area contributed by atoms with Gasteiger partial charge >= 0.3 is 0 Å². The molecule has 0 saturated heterocycles. The van der Waals surface area contributed by atoms with E-state index >= 15 is 0 Å². The number of nitrogens with zero attached hydrogens (tertiary/aromatic N) is 1. The highest BCUT2D eigenvalue weighted by Gasteiger charge is 2.29. The highest BCUT2D eigenvalue weighted by atomic mass is 15.2. The zero-order chi connectivity index (χ0) is 14.5. The summed E-state index contributed by atoms with van der Waals surface area (Å²) in [5.74, 6) is 0.712. The van der Waals surface area contributed by atoms with Gasteiger partial charge in [-0.3, -0.25) is 4.90 Å². The van der Waals surface area contributed by atoms with E-state index in [1.54, 1.807) is 0 Å². The first kappa shape index (κ1) is 15.5. The van der Waals surface area contributed by atoms with Crippen LogP contribution in [0, 0.1) is 5.92 Å². The average Bonchev–Trinajstić information content (AvgIpc) is 3.27. The van der Waals surface area contributed by atoms with Gasteiger partial charge in [0, 0.05) is 24.7 Å². The van der Waals surface area contributed by atoms with Crippen molar-refractivity contribution < 1.29 is 0 Å². The maximum atomic E-state index is 3.79. The summed E-state index contributed by atoms with van der Waals surface area (Å²) in [5.41, 5.74) is 1.42. The Morgan fingerprint density at radius 1 is 1.15 bits per heavy atom. The van der Waals surface area contributed by atoms with Crippen LogP contribution in [0.2, 0.25) is 0 Å². The van der Waals surface area contributed by atoms with Crippen molar-refractivity contribution in [3.8, 4) is 0 Å². The van der Waals surface area contributed by atoms with Gasteiger partial charge in [0.15, 0.2) is 0 Å². The fraction of sp³-hybridized carbons (Fsp3) is 0.667. The molecule has 1 aliphatic rings. The summed E-state index contributed by atoms with van der Waals surface area (Å²) in [6.45, 7) is 8.01. The van der Waals surface area contributed by atoms with E-state index < -0.39 is 0 Å². The molecule has 1 saturated carbocycles. The molecule has 0 aliphatic heterocycles. The van der Waals surface area contributed by atoms with Crippen LogP contribution < -0.4 is 5.32 Å². The van der Waals surface area contributed by atoms with Crippen molar-refractivity contribution in [1.82, 2.24) is 10.2 Å². The third-order valence-electron chi connectivity index (χ3n) is 4.39. The molecule has 0 amide bonds. The molecule has 1 aromatic rings. The molecule has 20 heavy (non-hydrogen) atoms. The highest BCUT2D eigenvalue weighted by molar-refractivity contribution is 5.19. The van der Waals surface area contributed by atoms with Gasteiger partial charge in [-0.1, -0.05) is 44.2 Å². The number of hydrogen-bond donors (Lipinski definition) is 1. The van der Waals surface area contributed by atoms with Gasteiger partial charge in [0.05, 0.1) is 0 Å². The van der Waals surface area contributed by atoms with Crippen LogP contribution in [0.25, 0.3) is 0 Å². The normalized spacial score (nSPS) is 18.5. The maximum Gasteiger partial charge on any atom is 0.0323 e. The summed E-state index contributed by atoms with van der Waals surface area (Å²) in [4.78, 5) is 2.53. The fourth-order valence-corrected chi connectivity index (χ4v) is 2.79. The Morgan fingerprint density at radius 2 is 1.80 bits per heavy atom. The summed E-state index contributed by atoms with van der Waals surface area (Å²) in [6.07, 6.45) is 3.97. The summed E-state index contributed by atoms with van der Waals surface area (Å²) in [6, 6.07) is 12.8. The fourth-order valence-electron chi connectivity index (χ4n) is 2.79. The van der Waals surface area contributed by atoms with Crippen LogP contribution in [0.15, 0.2) is 30.3 Å². The molecule has 112 valence electrons. The molecule has 2 nitrogen and oxygen atoms in total. The van der Waals surface area contributed by atoms with Crippen molar-refractivity contribution in [1.29, 1.82) is 0 Å². The molecule has 2 rings (SSSR count). The second-order valence-electron chi connectivity index (χ2n) is 6.75. The van der Waals surface area contributed by atoms with E-state index in [0.29, 0.717) is 18.0 Å². The molecule has 1 N–H and O–H groups in total. The number of rotatable bonds is 8. The topological polar surface area (TPSA) is 15.3 Å². The third kappa shape index (κ3) is 4.60. The summed E-state index contributed by atoms with van der Waals surface area (Å²) in [5, 5.41) is 3.79. The lowest BCUT2D eigenvalue weighted by atomic mass is 9.97.